The van der Waals surface area contributed by atoms with E-state index in [0.717, 1.165) is 12.2 Å². The van der Waals surface area contributed by atoms with E-state index in [1.165, 1.54) is 0 Å². The van der Waals surface area contributed by atoms with E-state index in [2.05, 4.69) is 0 Å². The van der Waals surface area contributed by atoms with E-state index in [1.807, 2.05) is 65.0 Å². The van der Waals surface area contributed by atoms with Crippen molar-refractivity contribution in [3.63, 3.8) is 0 Å². The van der Waals surface area contributed by atoms with Gasteiger partial charge in [0.1, 0.15) is 18.5 Å². The number of carbonyl (C=O) groups is 1. The van der Waals surface area contributed by atoms with Gasteiger partial charge in [0, 0.05) is 0 Å². The molecule has 0 aliphatic rings. The first-order valence-corrected chi connectivity index (χ1v) is 7.01. The number of esters is 1. The lowest BCUT2D eigenvalue weighted by Crippen LogP contribution is -2.24. The van der Waals surface area contributed by atoms with Gasteiger partial charge in [0.2, 0.25) is 0 Å². The highest BCUT2D eigenvalue weighted by Gasteiger charge is 2.14. The van der Waals surface area contributed by atoms with Crippen LogP contribution in [0.3, 0.4) is 0 Å². The van der Waals surface area contributed by atoms with Crippen molar-refractivity contribution < 1.29 is 14.3 Å². The fourth-order valence-electron chi connectivity index (χ4n) is 1.27. The minimum Gasteiger partial charge on any atom is -0.487 e. The molecule has 0 aliphatic heterocycles. The van der Waals surface area contributed by atoms with Crippen LogP contribution in [0.4, 0.5) is 0 Å². The van der Waals surface area contributed by atoms with Crippen LogP contribution in [0, 0.1) is 5.92 Å². The minimum absolute atomic E-state index is 0. The minimum atomic E-state index is -0.156. The van der Waals surface area contributed by atoms with Crippen LogP contribution in [0.5, 0.6) is 5.75 Å². The number of ether oxygens (including phenoxy) is 2. The van der Waals surface area contributed by atoms with Gasteiger partial charge in [-0.05, 0) is 25.5 Å². The van der Waals surface area contributed by atoms with Crippen LogP contribution in [-0.4, -0.2) is 18.7 Å². The molecule has 1 aromatic rings. The van der Waals surface area contributed by atoms with Crippen molar-refractivity contribution in [1.82, 2.24) is 0 Å². The Balaban J connectivity index is 0. The molecule has 0 amide bonds. The zero-order valence-corrected chi connectivity index (χ0v) is 12.7. The largest absolute Gasteiger partial charge is 0.487 e. The lowest BCUT2D eigenvalue weighted by molar-refractivity contribution is -0.150. The second-order valence-corrected chi connectivity index (χ2v) is 4.18. The maximum atomic E-state index is 11.5. The van der Waals surface area contributed by atoms with Gasteiger partial charge in [-0.3, -0.25) is 4.79 Å². The molecule has 0 spiro atoms. The lowest BCUT2D eigenvalue weighted by Gasteiger charge is -2.16. The molecule has 0 heterocycles. The van der Waals surface area contributed by atoms with Crippen molar-refractivity contribution >= 4 is 5.97 Å². The first-order chi connectivity index (χ1) is 9.13. The summed E-state index contributed by atoms with van der Waals surface area (Å²) in [5.74, 6) is 0.592. The van der Waals surface area contributed by atoms with E-state index >= 15 is 0 Å². The zero-order valence-electron chi connectivity index (χ0n) is 12.7. The monoisotopic (exact) mass is 282 g/mol. The third-order valence-corrected chi connectivity index (χ3v) is 2.56. The molecule has 2 atom stereocenters. The Labute approximate surface area is 124 Å². The fourth-order valence-corrected chi connectivity index (χ4v) is 1.27. The first-order valence-electron chi connectivity index (χ1n) is 7.01. The molecule has 116 valence electrons. The van der Waals surface area contributed by atoms with E-state index in [9.17, 15) is 4.79 Å². The van der Waals surface area contributed by atoms with Crippen LogP contribution >= 0.6 is 0 Å². The summed E-state index contributed by atoms with van der Waals surface area (Å²) in [6.07, 6.45) is 0.664. The third-order valence-electron chi connectivity index (χ3n) is 2.56. The fraction of sp³-hybridized carbons (Fsp3) is 0.588. The van der Waals surface area contributed by atoms with Crippen molar-refractivity contribution in [3.05, 3.63) is 30.3 Å². The molecule has 0 radical (unpaired) electrons. The van der Waals surface area contributed by atoms with Crippen LogP contribution in [-0.2, 0) is 9.53 Å². The highest BCUT2D eigenvalue weighted by atomic mass is 16.6. The summed E-state index contributed by atoms with van der Waals surface area (Å²) in [6, 6.07) is 9.51. The summed E-state index contributed by atoms with van der Waals surface area (Å²) in [6.45, 7) is 10.0. The molecule has 1 aromatic carbocycles. The molecular weight excluding hydrogens is 252 g/mol. The van der Waals surface area contributed by atoms with Crippen LogP contribution in [0.2, 0.25) is 0 Å². The molecule has 0 saturated heterocycles. The maximum absolute atomic E-state index is 11.5. The molecule has 0 saturated carbocycles. The summed E-state index contributed by atoms with van der Waals surface area (Å²) >= 11 is 0. The molecule has 0 N–H and O–H groups in total. The number of benzene rings is 1. The average molecular weight is 282 g/mol. The molecule has 2 unspecified atom stereocenters. The zero-order chi connectivity index (χ0) is 14.7. The van der Waals surface area contributed by atoms with Gasteiger partial charge >= 0.3 is 5.97 Å². The molecule has 20 heavy (non-hydrogen) atoms. The van der Waals surface area contributed by atoms with Gasteiger partial charge in [-0.25, -0.2) is 0 Å². The summed E-state index contributed by atoms with van der Waals surface area (Å²) < 4.78 is 10.8. The molecule has 3 nitrogen and oxygen atoms in total. The predicted molar refractivity (Wildman–Crippen MR) is 85.0 cm³/mol. The number of rotatable bonds is 6. The lowest BCUT2D eigenvalue weighted by atomic mass is 10.1. The summed E-state index contributed by atoms with van der Waals surface area (Å²) in [7, 11) is 0. The van der Waals surface area contributed by atoms with Gasteiger partial charge in [-0.15, -0.1) is 0 Å². The molecule has 0 aromatic heterocycles. The normalized spacial score (nSPS) is 12.1. The Kier molecular flexibility index (Phi) is 13.0. The second-order valence-electron chi connectivity index (χ2n) is 4.18. The van der Waals surface area contributed by atoms with Gasteiger partial charge in [0.25, 0.3) is 0 Å². The van der Waals surface area contributed by atoms with Crippen LogP contribution < -0.4 is 4.74 Å². The van der Waals surface area contributed by atoms with E-state index in [4.69, 9.17) is 9.47 Å². The van der Waals surface area contributed by atoms with Gasteiger partial charge in [-0.2, -0.15) is 0 Å². The predicted octanol–water partition coefficient (Wildman–Crippen LogP) is 4.71. The van der Waals surface area contributed by atoms with E-state index in [0.29, 0.717) is 0 Å². The molecule has 0 bridgehead atoms. The number of hydrogen-bond acceptors (Lipinski definition) is 3. The Hall–Kier alpha value is -1.51. The maximum Gasteiger partial charge on any atom is 0.308 e. The van der Waals surface area contributed by atoms with Gasteiger partial charge in [0.15, 0.2) is 0 Å². The molecule has 0 aliphatic carbocycles. The van der Waals surface area contributed by atoms with Gasteiger partial charge < -0.3 is 9.47 Å². The molecule has 0 fully saturated rings. The number of para-hydroxylation sites is 1. The van der Waals surface area contributed by atoms with Crippen molar-refractivity contribution in [1.29, 1.82) is 0 Å². The molecule has 1 rings (SSSR count). The number of carbonyl (C=O) groups excluding carboxylic acids is 1. The van der Waals surface area contributed by atoms with Crippen molar-refractivity contribution in [2.45, 2.75) is 54.6 Å². The highest BCUT2D eigenvalue weighted by molar-refractivity contribution is 5.71. The summed E-state index contributed by atoms with van der Waals surface area (Å²) in [5, 5.41) is 0. The first kappa shape index (κ1) is 20.8. The van der Waals surface area contributed by atoms with Crippen LogP contribution in [0.1, 0.15) is 48.5 Å². The Morgan fingerprint density at radius 2 is 1.70 bits per heavy atom. The van der Waals surface area contributed by atoms with Crippen molar-refractivity contribution in [2.24, 2.45) is 5.92 Å². The Bertz CT molecular complexity index is 335. The standard InChI is InChI=1S/C14H20O3.C2H6.CH4/c1-4-11(2)14(15)16-10-12(3)17-13-8-6-5-7-9-13;1-2;/h5-9,11-12H,4,10H2,1-3H3;1-2H3;1H4. The average Bonchev–Trinajstić information content (AvgIpc) is 2.47. The Morgan fingerprint density at radius 3 is 2.20 bits per heavy atom. The highest BCUT2D eigenvalue weighted by Crippen LogP contribution is 2.11. The topological polar surface area (TPSA) is 35.5 Å². The quantitative estimate of drug-likeness (QED) is 0.709. The van der Waals surface area contributed by atoms with Gasteiger partial charge in [-0.1, -0.05) is 53.3 Å². The van der Waals surface area contributed by atoms with Gasteiger partial charge in [0.05, 0.1) is 5.92 Å². The van der Waals surface area contributed by atoms with Crippen LogP contribution in [0.15, 0.2) is 30.3 Å². The summed E-state index contributed by atoms with van der Waals surface area (Å²) in [4.78, 5) is 11.5. The Morgan fingerprint density at radius 1 is 1.15 bits per heavy atom. The smallest absolute Gasteiger partial charge is 0.308 e. The molecular formula is C17H30O3. The van der Waals surface area contributed by atoms with E-state index in [1.54, 1.807) is 0 Å². The van der Waals surface area contributed by atoms with Crippen molar-refractivity contribution in [3.8, 4) is 5.75 Å². The third kappa shape index (κ3) is 8.57. The molecule has 3 heteroatoms. The van der Waals surface area contributed by atoms with E-state index < -0.39 is 0 Å². The SMILES string of the molecule is C.CC.CCC(C)C(=O)OCC(C)Oc1ccccc1. The second kappa shape index (κ2) is 12.5. The van der Waals surface area contributed by atoms with Crippen LogP contribution in [0.25, 0.3) is 0 Å². The van der Waals surface area contributed by atoms with E-state index in [-0.39, 0.29) is 32.0 Å². The van der Waals surface area contributed by atoms with Crippen molar-refractivity contribution in [2.75, 3.05) is 6.61 Å². The number of hydrogen-bond donors (Lipinski definition) is 0. The summed E-state index contributed by atoms with van der Waals surface area (Å²) in [5.41, 5.74) is 0.